The minimum absolute atomic E-state index is 0.215. The average molecular weight is 355 g/mol. The Kier molecular flexibility index (Phi) is 3.98. The summed E-state index contributed by atoms with van der Waals surface area (Å²) in [5.74, 6) is 0. The maximum atomic E-state index is 10.9. The summed E-state index contributed by atoms with van der Waals surface area (Å²) >= 11 is 5.59. The highest BCUT2D eigenvalue weighted by Crippen LogP contribution is 2.22. The van der Waals surface area contributed by atoms with E-state index in [1.165, 1.54) is 0 Å². The summed E-state index contributed by atoms with van der Waals surface area (Å²) in [6.45, 7) is 0. The third-order valence-electron chi connectivity index (χ3n) is 1.40. The molecule has 1 rings (SSSR count). The van der Waals surface area contributed by atoms with E-state index >= 15 is 0 Å². The summed E-state index contributed by atoms with van der Waals surface area (Å²) in [4.78, 5) is 10.9. The third-order valence-corrected chi connectivity index (χ3v) is 3.74. The molecule has 2 amide bonds. The number of halogens is 2. The van der Waals surface area contributed by atoms with Gasteiger partial charge in [-0.2, -0.15) is 0 Å². The lowest BCUT2D eigenvalue weighted by molar-refractivity contribution is 0.254. The molecular weight excluding hydrogens is 347 g/mol. The van der Waals surface area contributed by atoms with Crippen LogP contribution in [-0.2, 0) is 0 Å². The zero-order chi connectivity index (χ0) is 9.84. The molecule has 0 aliphatic rings. The molecule has 2 N–H and O–H groups in total. The Balaban J connectivity index is 2.79. The summed E-state index contributed by atoms with van der Waals surface area (Å²) in [5, 5.41) is 5.16. The highest BCUT2D eigenvalue weighted by molar-refractivity contribution is 14.1. The molecule has 0 aromatic heterocycles. The second-order valence-corrected chi connectivity index (χ2v) is 4.35. The van der Waals surface area contributed by atoms with E-state index in [4.69, 9.17) is 0 Å². The minimum Gasteiger partial charge on any atom is -0.341 e. The first-order valence-corrected chi connectivity index (χ1v) is 5.44. The Morgan fingerprint density at radius 2 is 2.23 bits per heavy atom. The van der Waals surface area contributed by atoms with Crippen LogP contribution in [0.15, 0.2) is 22.7 Å². The van der Waals surface area contributed by atoms with Crippen molar-refractivity contribution in [3.8, 4) is 0 Å². The minimum atomic E-state index is -0.215. The lowest BCUT2D eigenvalue weighted by Crippen LogP contribution is -2.24. The summed E-state index contributed by atoms with van der Waals surface area (Å²) < 4.78 is 2.09. The third kappa shape index (κ3) is 3.15. The Morgan fingerprint density at radius 1 is 1.54 bits per heavy atom. The number of urea groups is 1. The first kappa shape index (κ1) is 10.8. The molecule has 0 radical (unpaired) electrons. The molecule has 0 aliphatic carbocycles. The van der Waals surface area contributed by atoms with E-state index in [9.17, 15) is 4.79 Å². The molecule has 0 spiro atoms. The molecule has 70 valence electrons. The maximum absolute atomic E-state index is 10.9. The van der Waals surface area contributed by atoms with Crippen LogP contribution in [0.3, 0.4) is 0 Å². The van der Waals surface area contributed by atoms with Crippen molar-refractivity contribution in [2.45, 2.75) is 0 Å². The van der Waals surface area contributed by atoms with Crippen LogP contribution in [0.5, 0.6) is 0 Å². The second-order valence-electron chi connectivity index (χ2n) is 2.33. The van der Waals surface area contributed by atoms with Crippen LogP contribution < -0.4 is 10.6 Å². The van der Waals surface area contributed by atoms with E-state index in [0.29, 0.717) is 0 Å². The number of rotatable bonds is 1. The molecule has 3 nitrogen and oxygen atoms in total. The molecule has 0 aliphatic heterocycles. The number of hydrogen-bond acceptors (Lipinski definition) is 1. The first-order chi connectivity index (χ1) is 6.13. The van der Waals surface area contributed by atoms with Gasteiger partial charge >= 0.3 is 6.03 Å². The van der Waals surface area contributed by atoms with E-state index in [2.05, 4.69) is 49.2 Å². The molecule has 0 unspecified atom stereocenters. The van der Waals surface area contributed by atoms with Gasteiger partial charge in [-0.25, -0.2) is 4.79 Å². The smallest absolute Gasteiger partial charge is 0.318 e. The van der Waals surface area contributed by atoms with Gasteiger partial charge in [0, 0.05) is 20.8 Å². The summed E-state index contributed by atoms with van der Waals surface area (Å²) in [7, 11) is 1.58. The standard InChI is InChI=1S/C8H8BrIN2O/c1-11-8(13)12-5-2-3-7(10)6(9)4-5/h2-4H,1H3,(H2,11,12,13). The van der Waals surface area contributed by atoms with Crippen molar-refractivity contribution < 1.29 is 4.79 Å². The predicted molar refractivity (Wildman–Crippen MR) is 64.9 cm³/mol. The van der Waals surface area contributed by atoms with Crippen LogP contribution >= 0.6 is 38.5 Å². The number of hydrogen-bond donors (Lipinski definition) is 2. The predicted octanol–water partition coefficient (Wildman–Crippen LogP) is 2.81. The largest absolute Gasteiger partial charge is 0.341 e. The molecule has 1 aromatic rings. The molecular formula is C8H8BrIN2O. The van der Waals surface area contributed by atoms with Gasteiger partial charge in [-0.05, 0) is 56.7 Å². The first-order valence-electron chi connectivity index (χ1n) is 3.57. The molecule has 1 aromatic carbocycles. The molecule has 0 fully saturated rings. The SMILES string of the molecule is CNC(=O)Nc1ccc(I)c(Br)c1. The quantitative estimate of drug-likeness (QED) is 0.748. The highest BCUT2D eigenvalue weighted by atomic mass is 127. The number of amides is 2. The highest BCUT2D eigenvalue weighted by Gasteiger charge is 2.00. The molecule has 0 atom stereocenters. The van der Waals surface area contributed by atoms with Gasteiger partial charge < -0.3 is 10.6 Å². The van der Waals surface area contributed by atoms with Crippen molar-refractivity contribution in [2.75, 3.05) is 12.4 Å². The van der Waals surface area contributed by atoms with E-state index in [1.54, 1.807) is 7.05 Å². The summed E-state index contributed by atoms with van der Waals surface area (Å²) in [5.41, 5.74) is 0.770. The maximum Gasteiger partial charge on any atom is 0.318 e. The van der Waals surface area contributed by atoms with Gasteiger partial charge in [0.2, 0.25) is 0 Å². The van der Waals surface area contributed by atoms with E-state index in [1.807, 2.05) is 18.2 Å². The van der Waals surface area contributed by atoms with Crippen molar-refractivity contribution in [1.82, 2.24) is 5.32 Å². The molecule has 13 heavy (non-hydrogen) atoms. The van der Waals surface area contributed by atoms with E-state index in [0.717, 1.165) is 13.7 Å². The second kappa shape index (κ2) is 4.80. The topological polar surface area (TPSA) is 41.1 Å². The molecule has 0 saturated carbocycles. The van der Waals surface area contributed by atoms with E-state index in [-0.39, 0.29) is 6.03 Å². The molecule has 0 heterocycles. The fraction of sp³-hybridized carbons (Fsp3) is 0.125. The monoisotopic (exact) mass is 354 g/mol. The van der Waals surface area contributed by atoms with Crippen LogP contribution in [0.2, 0.25) is 0 Å². The summed E-state index contributed by atoms with van der Waals surface area (Å²) in [6, 6.07) is 5.42. The van der Waals surface area contributed by atoms with Gasteiger partial charge in [-0.3, -0.25) is 0 Å². The Bertz CT molecular complexity index is 330. The Morgan fingerprint density at radius 3 is 2.77 bits per heavy atom. The van der Waals surface area contributed by atoms with Gasteiger partial charge in [0.15, 0.2) is 0 Å². The number of nitrogens with one attached hydrogen (secondary N) is 2. The Labute approximate surface area is 98.6 Å². The Hall–Kier alpha value is -0.300. The average Bonchev–Trinajstić information content (AvgIpc) is 2.11. The zero-order valence-electron chi connectivity index (χ0n) is 6.90. The van der Waals surface area contributed by atoms with Gasteiger partial charge in [0.1, 0.15) is 0 Å². The molecule has 0 saturated heterocycles. The lowest BCUT2D eigenvalue weighted by Gasteiger charge is -2.05. The molecule has 0 bridgehead atoms. The number of carbonyl (C=O) groups excluding carboxylic acids is 1. The van der Waals surface area contributed by atoms with Crippen molar-refractivity contribution in [1.29, 1.82) is 0 Å². The van der Waals surface area contributed by atoms with Crippen LogP contribution in [0.25, 0.3) is 0 Å². The number of anilines is 1. The fourth-order valence-corrected chi connectivity index (χ4v) is 1.48. The summed E-state index contributed by atoms with van der Waals surface area (Å²) in [6.07, 6.45) is 0. The van der Waals surface area contributed by atoms with Crippen molar-refractivity contribution in [3.05, 3.63) is 26.2 Å². The molecule has 5 heteroatoms. The van der Waals surface area contributed by atoms with Gasteiger partial charge in [-0.15, -0.1) is 0 Å². The van der Waals surface area contributed by atoms with Crippen molar-refractivity contribution in [2.24, 2.45) is 0 Å². The van der Waals surface area contributed by atoms with Gasteiger partial charge in [-0.1, -0.05) is 0 Å². The number of carbonyl (C=O) groups is 1. The van der Waals surface area contributed by atoms with Crippen molar-refractivity contribution >= 4 is 50.2 Å². The van der Waals surface area contributed by atoms with Crippen LogP contribution in [-0.4, -0.2) is 13.1 Å². The van der Waals surface area contributed by atoms with Gasteiger partial charge in [0.05, 0.1) is 0 Å². The van der Waals surface area contributed by atoms with Crippen LogP contribution in [0.1, 0.15) is 0 Å². The van der Waals surface area contributed by atoms with Crippen molar-refractivity contribution in [3.63, 3.8) is 0 Å². The van der Waals surface area contributed by atoms with Crippen LogP contribution in [0.4, 0.5) is 10.5 Å². The normalized spacial score (nSPS) is 9.46. The fourth-order valence-electron chi connectivity index (χ4n) is 0.767. The van der Waals surface area contributed by atoms with Gasteiger partial charge in [0.25, 0.3) is 0 Å². The van der Waals surface area contributed by atoms with Crippen LogP contribution in [0, 0.1) is 3.57 Å². The van der Waals surface area contributed by atoms with E-state index < -0.39 is 0 Å². The zero-order valence-corrected chi connectivity index (χ0v) is 10.6. The number of benzene rings is 1. The lowest BCUT2D eigenvalue weighted by atomic mass is 10.3.